The lowest BCUT2D eigenvalue weighted by molar-refractivity contribution is -0.135. The van der Waals surface area contributed by atoms with Crippen LogP contribution in [0.3, 0.4) is 0 Å². The van der Waals surface area contributed by atoms with E-state index < -0.39 is 0 Å². The van der Waals surface area contributed by atoms with Crippen LogP contribution in [0.1, 0.15) is 0 Å². The molecule has 3 nitrogen and oxygen atoms in total. The number of cyclic esters (lactones) is 1. The molecule has 3 heteroatoms. The molecule has 1 saturated heterocycles. The number of carbonyl (C=O) groups is 1. The van der Waals surface area contributed by atoms with Crippen molar-refractivity contribution in [1.29, 1.82) is 0 Å². The predicted molar refractivity (Wildman–Crippen MR) is 30.7 cm³/mol. The molecule has 1 rings (SSSR count). The first kappa shape index (κ1) is 6.29. The number of rotatable bonds is 1. The van der Waals surface area contributed by atoms with E-state index in [4.69, 9.17) is 5.11 Å². The molecule has 0 aromatic rings. The Morgan fingerprint density at radius 1 is 1.89 bits per heavy atom. The van der Waals surface area contributed by atoms with E-state index in [1.54, 1.807) is 0 Å². The van der Waals surface area contributed by atoms with Gasteiger partial charge in [-0.05, 0) is 0 Å². The average molecular weight is 128 g/mol. The van der Waals surface area contributed by atoms with Crippen LogP contribution in [0.4, 0.5) is 0 Å². The van der Waals surface area contributed by atoms with Gasteiger partial charge in [0.1, 0.15) is 6.61 Å². The number of hydrogen-bond donors (Lipinski definition) is 1. The molecule has 0 radical (unpaired) electrons. The summed E-state index contributed by atoms with van der Waals surface area (Å²) in [5, 5.41) is 8.56. The minimum atomic E-state index is -0.381. The molecule has 1 atom stereocenters. The second kappa shape index (κ2) is 2.19. The van der Waals surface area contributed by atoms with Gasteiger partial charge in [0.15, 0.2) is 0 Å². The Bertz CT molecular complexity index is 150. The number of ether oxygens (including phenoxy) is 1. The van der Waals surface area contributed by atoms with E-state index in [1.807, 2.05) is 0 Å². The lowest BCUT2D eigenvalue weighted by Gasteiger charge is -1.97. The summed E-state index contributed by atoms with van der Waals surface area (Å²) in [5.74, 6) is -0.549. The number of aliphatic hydroxyl groups is 1. The minimum absolute atomic E-state index is 0.0510. The van der Waals surface area contributed by atoms with E-state index in [1.165, 1.54) is 0 Å². The monoisotopic (exact) mass is 128 g/mol. The zero-order valence-corrected chi connectivity index (χ0v) is 4.96. The van der Waals surface area contributed by atoms with E-state index in [9.17, 15) is 4.79 Å². The fraction of sp³-hybridized carbons (Fsp3) is 0.500. The second-order valence-electron chi connectivity index (χ2n) is 2.00. The number of hydrogen-bond acceptors (Lipinski definition) is 3. The Hall–Kier alpha value is -0.830. The van der Waals surface area contributed by atoms with Crippen molar-refractivity contribution in [1.82, 2.24) is 0 Å². The van der Waals surface area contributed by atoms with Gasteiger partial charge in [-0.2, -0.15) is 0 Å². The van der Waals surface area contributed by atoms with Crippen LogP contribution in [-0.4, -0.2) is 24.3 Å². The number of carbonyl (C=O) groups excluding carboxylic acids is 1. The Kier molecular flexibility index (Phi) is 1.53. The van der Waals surface area contributed by atoms with Crippen LogP contribution in [0.5, 0.6) is 0 Å². The van der Waals surface area contributed by atoms with Gasteiger partial charge in [0.2, 0.25) is 0 Å². The molecule has 0 aliphatic carbocycles. The molecule has 50 valence electrons. The third-order valence-corrected chi connectivity index (χ3v) is 1.39. The zero-order valence-electron chi connectivity index (χ0n) is 4.96. The maximum Gasteiger partial charge on any atom is 0.333 e. The molecule has 0 bridgehead atoms. The number of aliphatic hydroxyl groups excluding tert-OH is 1. The highest BCUT2D eigenvalue weighted by Crippen LogP contribution is 2.17. The van der Waals surface area contributed by atoms with Crippen LogP contribution in [0.15, 0.2) is 12.2 Å². The lowest BCUT2D eigenvalue weighted by atomic mass is 10.1. The molecule has 1 aliphatic rings. The quantitative estimate of drug-likeness (QED) is 0.390. The van der Waals surface area contributed by atoms with Crippen LogP contribution in [0.25, 0.3) is 0 Å². The number of esters is 1. The maximum absolute atomic E-state index is 10.5. The van der Waals surface area contributed by atoms with Gasteiger partial charge < -0.3 is 9.84 Å². The summed E-state index contributed by atoms with van der Waals surface area (Å²) in [6.45, 7) is 3.69. The van der Waals surface area contributed by atoms with Crippen LogP contribution < -0.4 is 0 Å². The summed E-state index contributed by atoms with van der Waals surface area (Å²) < 4.78 is 4.57. The highest BCUT2D eigenvalue weighted by molar-refractivity contribution is 5.90. The molecule has 0 spiro atoms. The Labute approximate surface area is 52.9 Å². The SMILES string of the molecule is C=C1C(=O)OCC1CO. The van der Waals surface area contributed by atoms with Crippen LogP contribution in [0.2, 0.25) is 0 Å². The van der Waals surface area contributed by atoms with Crippen molar-refractivity contribution in [3.63, 3.8) is 0 Å². The summed E-state index contributed by atoms with van der Waals surface area (Å²) in [7, 11) is 0. The van der Waals surface area contributed by atoms with Crippen molar-refractivity contribution in [2.24, 2.45) is 5.92 Å². The van der Waals surface area contributed by atoms with Gasteiger partial charge in [0, 0.05) is 11.5 Å². The normalized spacial score (nSPS) is 26.6. The smallest absolute Gasteiger partial charge is 0.333 e. The van der Waals surface area contributed by atoms with Gasteiger partial charge in [-0.25, -0.2) is 4.79 Å². The molecule has 0 aromatic heterocycles. The summed E-state index contributed by atoms with van der Waals surface area (Å²) >= 11 is 0. The fourth-order valence-electron chi connectivity index (χ4n) is 0.699. The van der Waals surface area contributed by atoms with Crippen molar-refractivity contribution in [3.05, 3.63) is 12.2 Å². The molecule has 1 aliphatic heterocycles. The van der Waals surface area contributed by atoms with Gasteiger partial charge in [-0.3, -0.25) is 0 Å². The van der Waals surface area contributed by atoms with Crippen LogP contribution >= 0.6 is 0 Å². The second-order valence-corrected chi connectivity index (χ2v) is 2.00. The van der Waals surface area contributed by atoms with E-state index >= 15 is 0 Å². The van der Waals surface area contributed by atoms with Crippen molar-refractivity contribution in [2.75, 3.05) is 13.2 Å². The molecule has 0 aromatic carbocycles. The highest BCUT2D eigenvalue weighted by Gasteiger charge is 2.27. The van der Waals surface area contributed by atoms with E-state index in [2.05, 4.69) is 11.3 Å². The maximum atomic E-state index is 10.5. The molecular formula is C6H8O3. The van der Waals surface area contributed by atoms with Crippen LogP contribution in [0, 0.1) is 5.92 Å². The van der Waals surface area contributed by atoms with Gasteiger partial charge in [0.05, 0.1) is 6.61 Å². The summed E-state index contributed by atoms with van der Waals surface area (Å²) in [5.41, 5.74) is 0.387. The van der Waals surface area contributed by atoms with Crippen molar-refractivity contribution >= 4 is 5.97 Å². The Morgan fingerprint density at radius 3 is 2.78 bits per heavy atom. The first-order valence-electron chi connectivity index (χ1n) is 2.72. The Balaban J connectivity index is 2.62. The summed E-state index contributed by atoms with van der Waals surface area (Å²) in [6, 6.07) is 0. The van der Waals surface area contributed by atoms with Gasteiger partial charge in [-0.1, -0.05) is 6.58 Å². The van der Waals surface area contributed by atoms with Crippen molar-refractivity contribution in [3.8, 4) is 0 Å². The molecule has 9 heavy (non-hydrogen) atoms. The third-order valence-electron chi connectivity index (χ3n) is 1.39. The highest BCUT2D eigenvalue weighted by atomic mass is 16.5. The first-order valence-corrected chi connectivity index (χ1v) is 2.72. The van der Waals surface area contributed by atoms with Crippen LogP contribution in [-0.2, 0) is 9.53 Å². The molecule has 1 N–H and O–H groups in total. The summed E-state index contributed by atoms with van der Waals surface area (Å²) in [6.07, 6.45) is 0. The summed E-state index contributed by atoms with van der Waals surface area (Å²) in [4.78, 5) is 10.5. The van der Waals surface area contributed by atoms with Gasteiger partial charge in [-0.15, -0.1) is 0 Å². The largest absolute Gasteiger partial charge is 0.462 e. The van der Waals surface area contributed by atoms with E-state index in [0.717, 1.165) is 0 Å². The molecule has 1 heterocycles. The standard InChI is InChI=1S/C6H8O3/c1-4-5(2-7)3-9-6(4)8/h5,7H,1-3H2. The zero-order chi connectivity index (χ0) is 6.85. The topological polar surface area (TPSA) is 46.5 Å². The average Bonchev–Trinajstić information content (AvgIpc) is 2.15. The molecule has 0 saturated carbocycles. The predicted octanol–water partition coefficient (Wildman–Crippen LogP) is -0.292. The van der Waals surface area contributed by atoms with Crippen molar-refractivity contribution in [2.45, 2.75) is 0 Å². The molecule has 1 fully saturated rings. The molecule has 1 unspecified atom stereocenters. The fourth-order valence-corrected chi connectivity index (χ4v) is 0.699. The van der Waals surface area contributed by atoms with Gasteiger partial charge in [0.25, 0.3) is 0 Å². The molecule has 0 amide bonds. The lowest BCUT2D eigenvalue weighted by Crippen LogP contribution is -2.06. The van der Waals surface area contributed by atoms with Gasteiger partial charge >= 0.3 is 5.97 Å². The third kappa shape index (κ3) is 0.954. The minimum Gasteiger partial charge on any atom is -0.462 e. The molecular weight excluding hydrogens is 120 g/mol. The first-order chi connectivity index (χ1) is 4.25. The van der Waals surface area contributed by atoms with Crippen molar-refractivity contribution < 1.29 is 14.6 Å². The van der Waals surface area contributed by atoms with E-state index in [0.29, 0.717) is 5.57 Å². The Morgan fingerprint density at radius 2 is 2.56 bits per heavy atom. The van der Waals surface area contributed by atoms with E-state index in [-0.39, 0.29) is 25.1 Å².